The number of aliphatic carboxylic acids is 1. The minimum absolute atomic E-state index is 0.435. The molecule has 1 N–H and O–H groups in total. The van der Waals surface area contributed by atoms with Crippen LogP contribution in [0.15, 0.2) is 0 Å². The average molecular weight is 256 g/mol. The molecule has 0 heterocycles. The van der Waals surface area contributed by atoms with Gasteiger partial charge in [0.05, 0.1) is 6.42 Å². The Morgan fingerprint density at radius 2 is 1.73 bits per heavy atom. The SMILES string of the molecule is O=C(O)CC(S)(S)C(Cl)(Cl)Cl. The summed E-state index contributed by atoms with van der Waals surface area (Å²) in [7, 11) is 0. The number of thiol groups is 2. The lowest BCUT2D eigenvalue weighted by Crippen LogP contribution is -2.33. The Labute approximate surface area is 90.0 Å². The van der Waals surface area contributed by atoms with Crippen molar-refractivity contribution < 1.29 is 9.90 Å². The predicted molar refractivity (Wildman–Crippen MR) is 53.2 cm³/mol. The van der Waals surface area contributed by atoms with Gasteiger partial charge in [-0.05, 0) is 0 Å². The van der Waals surface area contributed by atoms with E-state index in [9.17, 15) is 4.79 Å². The van der Waals surface area contributed by atoms with Gasteiger partial charge in [0.25, 0.3) is 0 Å². The fourth-order valence-electron chi connectivity index (χ4n) is 0.311. The van der Waals surface area contributed by atoms with Gasteiger partial charge in [-0.2, -0.15) is 25.3 Å². The zero-order valence-corrected chi connectivity index (χ0v) is 9.15. The van der Waals surface area contributed by atoms with E-state index in [0.29, 0.717) is 0 Å². The van der Waals surface area contributed by atoms with E-state index >= 15 is 0 Å². The highest BCUT2D eigenvalue weighted by Crippen LogP contribution is 2.47. The molecule has 0 aliphatic rings. The summed E-state index contributed by atoms with van der Waals surface area (Å²) in [5.74, 6) is -1.12. The van der Waals surface area contributed by atoms with Crippen molar-refractivity contribution in [3.63, 3.8) is 0 Å². The first kappa shape index (κ1) is 12.0. The lowest BCUT2D eigenvalue weighted by molar-refractivity contribution is -0.137. The van der Waals surface area contributed by atoms with E-state index in [4.69, 9.17) is 39.9 Å². The molecule has 0 aromatic carbocycles. The lowest BCUT2D eigenvalue weighted by Gasteiger charge is -2.28. The fraction of sp³-hybridized carbons (Fsp3) is 0.750. The first-order valence-electron chi connectivity index (χ1n) is 2.40. The summed E-state index contributed by atoms with van der Waals surface area (Å²) in [4.78, 5) is 10.2. The molecule has 7 heteroatoms. The number of rotatable bonds is 2. The van der Waals surface area contributed by atoms with Crippen LogP contribution in [0.4, 0.5) is 0 Å². The molecule has 0 bridgehead atoms. The smallest absolute Gasteiger partial charge is 0.305 e. The van der Waals surface area contributed by atoms with E-state index in [-0.39, 0.29) is 0 Å². The van der Waals surface area contributed by atoms with E-state index < -0.39 is 20.3 Å². The van der Waals surface area contributed by atoms with Crippen LogP contribution in [0.5, 0.6) is 0 Å². The summed E-state index contributed by atoms with van der Waals surface area (Å²) in [5, 5.41) is 8.34. The van der Waals surface area contributed by atoms with Gasteiger partial charge in [-0.15, -0.1) is 0 Å². The first-order valence-corrected chi connectivity index (χ1v) is 4.43. The molecule has 0 radical (unpaired) electrons. The van der Waals surface area contributed by atoms with Crippen molar-refractivity contribution in [1.82, 2.24) is 0 Å². The Hall–Kier alpha value is 1.04. The van der Waals surface area contributed by atoms with Crippen LogP contribution in [0.3, 0.4) is 0 Å². The topological polar surface area (TPSA) is 37.3 Å². The van der Waals surface area contributed by atoms with E-state index in [1.807, 2.05) is 0 Å². The second-order valence-electron chi connectivity index (χ2n) is 1.88. The van der Waals surface area contributed by atoms with Gasteiger partial charge < -0.3 is 5.11 Å². The van der Waals surface area contributed by atoms with Crippen LogP contribution in [0.1, 0.15) is 6.42 Å². The minimum atomic E-state index is -1.81. The van der Waals surface area contributed by atoms with Crippen LogP contribution in [0.25, 0.3) is 0 Å². The third-order valence-corrected chi connectivity index (χ3v) is 3.60. The third-order valence-electron chi connectivity index (χ3n) is 0.852. The number of halogens is 3. The molecule has 0 aromatic heterocycles. The first-order chi connectivity index (χ1) is 4.67. The van der Waals surface area contributed by atoms with Crippen molar-refractivity contribution in [1.29, 1.82) is 0 Å². The van der Waals surface area contributed by atoms with Crippen LogP contribution in [0, 0.1) is 0 Å². The van der Waals surface area contributed by atoms with Gasteiger partial charge in [0, 0.05) is 0 Å². The largest absolute Gasteiger partial charge is 0.481 e. The normalized spacial score (nSPS) is 13.2. The van der Waals surface area contributed by atoms with Crippen LogP contribution < -0.4 is 0 Å². The molecule has 11 heavy (non-hydrogen) atoms. The maximum atomic E-state index is 10.2. The number of carboxylic acid groups (broad SMARTS) is 1. The Morgan fingerprint density at radius 3 is 1.82 bits per heavy atom. The van der Waals surface area contributed by atoms with Crippen molar-refractivity contribution in [2.75, 3.05) is 0 Å². The fourth-order valence-corrected chi connectivity index (χ4v) is 0.782. The summed E-state index contributed by atoms with van der Waals surface area (Å²) < 4.78 is -3.26. The summed E-state index contributed by atoms with van der Waals surface area (Å²) in [6.45, 7) is 0. The molecular weight excluding hydrogens is 251 g/mol. The summed E-state index contributed by atoms with van der Waals surface area (Å²) in [6.07, 6.45) is -0.435. The van der Waals surface area contributed by atoms with Crippen LogP contribution in [0.2, 0.25) is 0 Å². The zero-order valence-electron chi connectivity index (χ0n) is 5.09. The van der Waals surface area contributed by atoms with Crippen LogP contribution in [-0.2, 0) is 4.79 Å². The highest BCUT2D eigenvalue weighted by molar-refractivity contribution is 8.01. The van der Waals surface area contributed by atoms with Gasteiger partial charge in [0.2, 0.25) is 3.79 Å². The zero-order chi connectivity index (χ0) is 9.28. The number of carboxylic acids is 1. The summed E-state index contributed by atoms with van der Waals surface area (Å²) in [5.41, 5.74) is 0. The molecule has 0 fully saturated rings. The molecule has 0 amide bonds. The lowest BCUT2D eigenvalue weighted by atomic mass is 10.3. The van der Waals surface area contributed by atoms with Gasteiger partial charge in [0.15, 0.2) is 0 Å². The molecule has 0 unspecified atom stereocenters. The van der Waals surface area contributed by atoms with Crippen molar-refractivity contribution in [2.24, 2.45) is 0 Å². The average Bonchev–Trinajstić information content (AvgIpc) is 1.56. The Morgan fingerprint density at radius 1 is 1.36 bits per heavy atom. The van der Waals surface area contributed by atoms with Gasteiger partial charge in [0.1, 0.15) is 4.08 Å². The predicted octanol–water partition coefficient (Wildman–Crippen LogP) is 2.39. The third kappa shape index (κ3) is 3.99. The number of carbonyl (C=O) groups is 1. The molecule has 0 spiro atoms. The number of hydrogen-bond acceptors (Lipinski definition) is 3. The number of alkyl halides is 3. The molecule has 0 atom stereocenters. The van der Waals surface area contributed by atoms with Gasteiger partial charge in [-0.1, -0.05) is 34.8 Å². The van der Waals surface area contributed by atoms with E-state index in [0.717, 1.165) is 0 Å². The van der Waals surface area contributed by atoms with E-state index in [2.05, 4.69) is 25.3 Å². The van der Waals surface area contributed by atoms with Gasteiger partial charge >= 0.3 is 5.97 Å². The molecule has 0 saturated heterocycles. The summed E-state index contributed by atoms with van der Waals surface area (Å²) >= 11 is 23.7. The summed E-state index contributed by atoms with van der Waals surface area (Å²) in [6, 6.07) is 0. The second kappa shape index (κ2) is 3.83. The van der Waals surface area contributed by atoms with Crippen molar-refractivity contribution >= 4 is 66.0 Å². The molecule has 66 valence electrons. The highest BCUT2D eigenvalue weighted by atomic mass is 35.6. The minimum Gasteiger partial charge on any atom is -0.481 e. The van der Waals surface area contributed by atoms with E-state index in [1.54, 1.807) is 0 Å². The van der Waals surface area contributed by atoms with Crippen LogP contribution >= 0.6 is 60.1 Å². The van der Waals surface area contributed by atoms with Crippen molar-refractivity contribution in [3.8, 4) is 0 Å². The molecule has 2 nitrogen and oxygen atoms in total. The standard InChI is InChI=1S/C4H5Cl3O2S2/c5-4(6,7)3(10,11)1-2(8)9/h10-11H,1H2,(H,8,9). The maximum absolute atomic E-state index is 10.2. The molecule has 0 aromatic rings. The molecule has 0 aliphatic heterocycles. The van der Waals surface area contributed by atoms with E-state index in [1.165, 1.54) is 0 Å². The second-order valence-corrected chi connectivity index (χ2v) is 6.05. The highest BCUT2D eigenvalue weighted by Gasteiger charge is 2.44. The molecule has 0 saturated carbocycles. The number of hydrogen-bond donors (Lipinski definition) is 3. The quantitative estimate of drug-likeness (QED) is 0.403. The van der Waals surface area contributed by atoms with Gasteiger partial charge in [-0.25, -0.2) is 0 Å². The molecule has 0 rings (SSSR count). The van der Waals surface area contributed by atoms with Gasteiger partial charge in [-0.3, -0.25) is 4.79 Å². The molecule has 0 aliphatic carbocycles. The Bertz CT molecular complexity index is 165. The van der Waals surface area contributed by atoms with Crippen molar-refractivity contribution in [3.05, 3.63) is 0 Å². The molecular formula is C4H5Cl3O2S2. The van der Waals surface area contributed by atoms with Crippen LogP contribution in [-0.4, -0.2) is 18.9 Å². The maximum Gasteiger partial charge on any atom is 0.305 e. The Kier molecular flexibility index (Phi) is 4.19. The monoisotopic (exact) mass is 254 g/mol. The van der Waals surface area contributed by atoms with Crippen molar-refractivity contribution in [2.45, 2.75) is 14.3 Å². The Balaban J connectivity index is 4.34.